The molecule has 1 aromatic rings. The highest BCUT2D eigenvalue weighted by Gasteiger charge is 2.48. The summed E-state index contributed by atoms with van der Waals surface area (Å²) in [6.07, 6.45) is 1.68. The van der Waals surface area contributed by atoms with Gasteiger partial charge in [-0.1, -0.05) is 0 Å². The van der Waals surface area contributed by atoms with Crippen LogP contribution in [0, 0.1) is 5.92 Å². The quantitative estimate of drug-likeness (QED) is 0.699. The number of anilines is 1. The summed E-state index contributed by atoms with van der Waals surface area (Å²) < 4.78 is 0. The van der Waals surface area contributed by atoms with E-state index in [0.29, 0.717) is 11.3 Å². The van der Waals surface area contributed by atoms with Crippen LogP contribution in [0.5, 0.6) is 0 Å². The van der Waals surface area contributed by atoms with Crippen LogP contribution in [-0.4, -0.2) is 22.5 Å². The zero-order chi connectivity index (χ0) is 13.3. The van der Waals surface area contributed by atoms with Crippen LogP contribution in [-0.2, 0) is 4.79 Å². The number of amides is 1. The van der Waals surface area contributed by atoms with Crippen LogP contribution < -0.4 is 11.1 Å². The number of aliphatic carboxylic acids is 1. The Labute approximate surface area is 105 Å². The van der Waals surface area contributed by atoms with Crippen LogP contribution in [0.3, 0.4) is 0 Å². The number of nitrogens with two attached hydrogens (primary N) is 1. The van der Waals surface area contributed by atoms with E-state index < -0.39 is 11.5 Å². The summed E-state index contributed by atoms with van der Waals surface area (Å²) in [7, 11) is 0. The van der Waals surface area contributed by atoms with Crippen LogP contribution in [0.15, 0.2) is 24.3 Å². The molecule has 1 saturated carbocycles. The van der Waals surface area contributed by atoms with Gasteiger partial charge in [-0.2, -0.15) is 0 Å². The molecule has 0 spiro atoms. The first kappa shape index (κ1) is 12.4. The summed E-state index contributed by atoms with van der Waals surface area (Å²) in [6, 6.07) is 6.40. The Kier molecular flexibility index (Phi) is 2.98. The van der Waals surface area contributed by atoms with Gasteiger partial charge in [0.2, 0.25) is 0 Å². The van der Waals surface area contributed by atoms with Gasteiger partial charge in [0.1, 0.15) is 5.54 Å². The lowest BCUT2D eigenvalue weighted by atomic mass is 9.95. The van der Waals surface area contributed by atoms with E-state index in [9.17, 15) is 14.7 Å². The molecule has 0 radical (unpaired) electrons. The van der Waals surface area contributed by atoms with Crippen molar-refractivity contribution in [2.75, 3.05) is 5.73 Å². The molecule has 0 bridgehead atoms. The largest absolute Gasteiger partial charge is 0.480 e. The molecular formula is C13H16N2O3. The highest BCUT2D eigenvalue weighted by Crippen LogP contribution is 2.39. The van der Waals surface area contributed by atoms with Crippen LogP contribution >= 0.6 is 0 Å². The molecule has 4 N–H and O–H groups in total. The minimum atomic E-state index is -1.18. The molecule has 96 valence electrons. The van der Waals surface area contributed by atoms with Gasteiger partial charge in [-0.3, -0.25) is 4.79 Å². The number of carboxylic acid groups (broad SMARTS) is 1. The number of hydrogen-bond acceptors (Lipinski definition) is 3. The first-order valence-electron chi connectivity index (χ1n) is 5.85. The average molecular weight is 248 g/mol. The molecule has 1 amide bonds. The van der Waals surface area contributed by atoms with Gasteiger partial charge in [0, 0.05) is 11.3 Å². The van der Waals surface area contributed by atoms with Crippen molar-refractivity contribution in [1.82, 2.24) is 5.32 Å². The number of rotatable bonds is 4. The second-order valence-electron chi connectivity index (χ2n) is 4.86. The number of hydrogen-bond donors (Lipinski definition) is 3. The average Bonchev–Trinajstić information content (AvgIpc) is 3.13. The van der Waals surface area contributed by atoms with Crippen LogP contribution in [0.1, 0.15) is 30.1 Å². The maximum atomic E-state index is 12.0. The Morgan fingerprint density at radius 3 is 2.33 bits per heavy atom. The number of benzene rings is 1. The van der Waals surface area contributed by atoms with Crippen LogP contribution in [0.25, 0.3) is 0 Å². The molecule has 0 saturated heterocycles. The molecule has 5 heteroatoms. The lowest BCUT2D eigenvalue weighted by Gasteiger charge is -2.26. The number of nitrogen functional groups attached to an aromatic ring is 1. The fraction of sp³-hybridized carbons (Fsp3) is 0.385. The fourth-order valence-electron chi connectivity index (χ4n) is 1.93. The van der Waals surface area contributed by atoms with E-state index in [2.05, 4.69) is 5.32 Å². The third-order valence-corrected chi connectivity index (χ3v) is 3.38. The van der Waals surface area contributed by atoms with E-state index in [-0.39, 0.29) is 11.8 Å². The van der Waals surface area contributed by atoms with Crippen molar-refractivity contribution in [2.45, 2.75) is 25.3 Å². The van der Waals surface area contributed by atoms with Crippen LogP contribution in [0.4, 0.5) is 5.69 Å². The third kappa shape index (κ3) is 2.30. The summed E-state index contributed by atoms with van der Waals surface area (Å²) in [5.41, 5.74) is 5.33. The lowest BCUT2D eigenvalue weighted by molar-refractivity contribution is -0.144. The Balaban J connectivity index is 2.15. The smallest absolute Gasteiger partial charge is 0.329 e. The third-order valence-electron chi connectivity index (χ3n) is 3.38. The molecule has 1 unspecified atom stereocenters. The number of carbonyl (C=O) groups is 2. The minimum absolute atomic E-state index is 0.0210. The van der Waals surface area contributed by atoms with Crippen molar-refractivity contribution in [3.63, 3.8) is 0 Å². The number of carboxylic acids is 1. The molecular weight excluding hydrogens is 232 g/mol. The zero-order valence-corrected chi connectivity index (χ0v) is 10.1. The molecule has 1 aromatic carbocycles. The predicted octanol–water partition coefficient (Wildman–Crippen LogP) is 1.25. The van der Waals surface area contributed by atoms with E-state index in [1.54, 1.807) is 31.2 Å². The summed E-state index contributed by atoms with van der Waals surface area (Å²) >= 11 is 0. The molecule has 18 heavy (non-hydrogen) atoms. The molecule has 1 fully saturated rings. The van der Waals surface area contributed by atoms with Crippen molar-refractivity contribution in [2.24, 2.45) is 5.92 Å². The van der Waals surface area contributed by atoms with Gasteiger partial charge in [-0.05, 0) is 49.9 Å². The number of carbonyl (C=O) groups excluding carboxylic acids is 1. The Morgan fingerprint density at radius 1 is 1.33 bits per heavy atom. The van der Waals surface area contributed by atoms with Crippen molar-refractivity contribution in [3.05, 3.63) is 29.8 Å². The first-order chi connectivity index (χ1) is 8.43. The molecule has 2 rings (SSSR count). The molecule has 1 aliphatic rings. The molecule has 0 aromatic heterocycles. The summed E-state index contributed by atoms with van der Waals surface area (Å²) in [4.78, 5) is 23.3. The normalized spacial score (nSPS) is 17.8. The topological polar surface area (TPSA) is 92.4 Å². The zero-order valence-electron chi connectivity index (χ0n) is 10.1. The molecule has 1 atom stereocenters. The van der Waals surface area contributed by atoms with Crippen molar-refractivity contribution in [3.8, 4) is 0 Å². The van der Waals surface area contributed by atoms with E-state index in [0.717, 1.165) is 12.8 Å². The Bertz CT molecular complexity index is 480. The predicted molar refractivity (Wildman–Crippen MR) is 67.1 cm³/mol. The summed E-state index contributed by atoms with van der Waals surface area (Å²) in [5, 5.41) is 11.9. The second kappa shape index (κ2) is 4.33. The van der Waals surface area contributed by atoms with E-state index in [1.165, 1.54) is 0 Å². The summed E-state index contributed by atoms with van der Waals surface area (Å²) in [6.45, 7) is 1.56. The van der Waals surface area contributed by atoms with Gasteiger partial charge in [-0.15, -0.1) is 0 Å². The first-order valence-corrected chi connectivity index (χ1v) is 5.85. The van der Waals surface area contributed by atoms with Crippen molar-refractivity contribution < 1.29 is 14.7 Å². The van der Waals surface area contributed by atoms with Crippen molar-refractivity contribution >= 4 is 17.6 Å². The van der Waals surface area contributed by atoms with Gasteiger partial charge < -0.3 is 16.2 Å². The van der Waals surface area contributed by atoms with E-state index in [1.807, 2.05) is 0 Å². The second-order valence-corrected chi connectivity index (χ2v) is 4.86. The minimum Gasteiger partial charge on any atom is -0.480 e. The van der Waals surface area contributed by atoms with Gasteiger partial charge >= 0.3 is 5.97 Å². The molecule has 0 aliphatic heterocycles. The molecule has 5 nitrogen and oxygen atoms in total. The van der Waals surface area contributed by atoms with Gasteiger partial charge in [-0.25, -0.2) is 4.79 Å². The van der Waals surface area contributed by atoms with Gasteiger partial charge in [0.15, 0.2) is 0 Å². The summed E-state index contributed by atoms with van der Waals surface area (Å²) in [5.74, 6) is -1.35. The van der Waals surface area contributed by atoms with E-state index in [4.69, 9.17) is 5.73 Å². The Morgan fingerprint density at radius 2 is 1.89 bits per heavy atom. The highest BCUT2D eigenvalue weighted by molar-refractivity contribution is 5.98. The van der Waals surface area contributed by atoms with Crippen molar-refractivity contribution in [1.29, 1.82) is 0 Å². The van der Waals surface area contributed by atoms with Gasteiger partial charge in [0.25, 0.3) is 5.91 Å². The maximum Gasteiger partial charge on any atom is 0.329 e. The van der Waals surface area contributed by atoms with Gasteiger partial charge in [0.05, 0.1) is 0 Å². The number of nitrogens with one attached hydrogen (secondary N) is 1. The monoisotopic (exact) mass is 248 g/mol. The Hall–Kier alpha value is -2.04. The highest BCUT2D eigenvalue weighted by atomic mass is 16.4. The lowest BCUT2D eigenvalue weighted by Crippen LogP contribution is -2.54. The fourth-order valence-corrected chi connectivity index (χ4v) is 1.93. The maximum absolute atomic E-state index is 12.0. The SMILES string of the molecule is CC(NC(=O)c1ccc(N)cc1)(C(=O)O)C1CC1. The van der Waals surface area contributed by atoms with E-state index >= 15 is 0 Å². The van der Waals surface area contributed by atoms with Crippen LogP contribution in [0.2, 0.25) is 0 Å². The molecule has 1 aliphatic carbocycles. The standard InChI is InChI=1S/C13H16N2O3/c1-13(12(17)18,9-4-5-9)15-11(16)8-2-6-10(14)7-3-8/h2-3,6-7,9H,4-5,14H2,1H3,(H,15,16)(H,17,18). The molecule has 0 heterocycles.